The van der Waals surface area contributed by atoms with Crippen LogP contribution in [0.1, 0.15) is 17.4 Å². The van der Waals surface area contributed by atoms with Gasteiger partial charge in [0.05, 0.1) is 18.5 Å². The molecule has 0 aliphatic heterocycles. The van der Waals surface area contributed by atoms with Gasteiger partial charge in [0, 0.05) is 17.3 Å². The maximum absolute atomic E-state index is 13.0. The predicted molar refractivity (Wildman–Crippen MR) is 79.7 cm³/mol. The Labute approximate surface area is 126 Å². The van der Waals surface area contributed by atoms with Crippen LogP contribution in [0.15, 0.2) is 42.7 Å². The number of aromatic amines is 2. The van der Waals surface area contributed by atoms with Crippen molar-refractivity contribution < 1.29 is 13.9 Å². The first kappa shape index (κ1) is 14.1. The third kappa shape index (κ3) is 2.63. The Bertz CT molecular complexity index is 790. The normalized spacial score (nSPS) is 10.6. The Morgan fingerprint density at radius 1 is 1.27 bits per heavy atom. The van der Waals surface area contributed by atoms with E-state index in [0.29, 0.717) is 12.3 Å². The molecule has 0 aliphatic rings. The number of H-pyrrole nitrogens is 2. The number of hydrogen-bond acceptors (Lipinski definition) is 3. The molecule has 0 amide bonds. The fourth-order valence-electron chi connectivity index (χ4n) is 2.22. The lowest BCUT2D eigenvalue weighted by Crippen LogP contribution is -2.04. The van der Waals surface area contributed by atoms with Crippen LogP contribution in [0.4, 0.5) is 4.39 Å². The minimum Gasteiger partial charge on any atom is -0.461 e. The topological polar surface area (TPSA) is 70.8 Å². The van der Waals surface area contributed by atoms with Gasteiger partial charge in [-0.1, -0.05) is 12.1 Å². The van der Waals surface area contributed by atoms with E-state index in [-0.39, 0.29) is 5.82 Å². The lowest BCUT2D eigenvalue weighted by Gasteiger charge is -2.01. The van der Waals surface area contributed by atoms with Gasteiger partial charge in [0.25, 0.3) is 0 Å². The van der Waals surface area contributed by atoms with Gasteiger partial charge in [0.2, 0.25) is 0 Å². The molecule has 1 aromatic carbocycles. The number of aromatic nitrogens is 3. The molecule has 0 radical (unpaired) electrons. The Morgan fingerprint density at radius 3 is 2.77 bits per heavy atom. The number of hydrogen-bond donors (Lipinski definition) is 2. The fourth-order valence-corrected chi connectivity index (χ4v) is 2.22. The minimum atomic E-state index is -0.406. The molecule has 112 valence electrons. The number of carbonyl (C=O) groups is 1. The van der Waals surface area contributed by atoms with Gasteiger partial charge in [0.1, 0.15) is 11.5 Å². The quantitative estimate of drug-likeness (QED) is 0.725. The van der Waals surface area contributed by atoms with Gasteiger partial charge in [-0.15, -0.1) is 0 Å². The van der Waals surface area contributed by atoms with Gasteiger partial charge >= 0.3 is 5.97 Å². The molecule has 5 nitrogen and oxygen atoms in total. The molecule has 3 rings (SSSR count). The second kappa shape index (κ2) is 5.85. The number of halogens is 1. The highest BCUT2D eigenvalue weighted by Crippen LogP contribution is 2.30. The molecule has 2 heterocycles. The Balaban J connectivity index is 1.95. The summed E-state index contributed by atoms with van der Waals surface area (Å²) in [5.74, 6) is -0.698. The van der Waals surface area contributed by atoms with E-state index in [1.165, 1.54) is 12.1 Å². The molecule has 22 heavy (non-hydrogen) atoms. The summed E-state index contributed by atoms with van der Waals surface area (Å²) in [7, 11) is 0. The van der Waals surface area contributed by atoms with Crippen LogP contribution in [0.3, 0.4) is 0 Å². The zero-order chi connectivity index (χ0) is 15.5. The van der Waals surface area contributed by atoms with Crippen molar-refractivity contribution in [3.8, 4) is 22.4 Å². The van der Waals surface area contributed by atoms with Crippen LogP contribution in [0.2, 0.25) is 0 Å². The van der Waals surface area contributed by atoms with Crippen LogP contribution in [-0.2, 0) is 4.74 Å². The van der Waals surface area contributed by atoms with E-state index in [4.69, 9.17) is 4.74 Å². The zero-order valence-electron chi connectivity index (χ0n) is 11.9. The number of nitrogens with zero attached hydrogens (tertiary/aromatic N) is 1. The van der Waals surface area contributed by atoms with Crippen molar-refractivity contribution in [1.82, 2.24) is 15.2 Å². The average molecular weight is 299 g/mol. The van der Waals surface area contributed by atoms with Gasteiger partial charge in [0.15, 0.2) is 0 Å². The summed E-state index contributed by atoms with van der Waals surface area (Å²) >= 11 is 0. The number of carbonyl (C=O) groups excluding carboxylic acids is 1. The predicted octanol–water partition coefficient (Wildman–Crippen LogP) is 3.39. The smallest absolute Gasteiger partial charge is 0.354 e. The molecule has 2 aromatic heterocycles. The van der Waals surface area contributed by atoms with Gasteiger partial charge in [-0.2, -0.15) is 5.10 Å². The van der Waals surface area contributed by atoms with Crippen molar-refractivity contribution in [2.45, 2.75) is 6.92 Å². The highest BCUT2D eigenvalue weighted by Gasteiger charge is 2.15. The first-order chi connectivity index (χ1) is 10.7. The maximum atomic E-state index is 13.0. The molecular weight excluding hydrogens is 285 g/mol. The van der Waals surface area contributed by atoms with Crippen molar-refractivity contribution in [2.75, 3.05) is 6.61 Å². The molecule has 0 saturated heterocycles. The summed E-state index contributed by atoms with van der Waals surface area (Å²) in [6.45, 7) is 2.07. The van der Waals surface area contributed by atoms with Crippen LogP contribution in [0, 0.1) is 5.82 Å². The number of esters is 1. The highest BCUT2D eigenvalue weighted by atomic mass is 19.1. The fraction of sp³-hybridized carbons (Fsp3) is 0.125. The van der Waals surface area contributed by atoms with Gasteiger partial charge in [-0.05, 0) is 30.7 Å². The average Bonchev–Trinajstić information content (AvgIpc) is 3.17. The summed E-state index contributed by atoms with van der Waals surface area (Å²) < 4.78 is 18.0. The molecule has 0 aliphatic carbocycles. The van der Waals surface area contributed by atoms with Gasteiger partial charge in [-0.25, -0.2) is 9.18 Å². The summed E-state index contributed by atoms with van der Waals surface area (Å²) in [4.78, 5) is 14.6. The molecular formula is C16H14FN3O2. The lowest BCUT2D eigenvalue weighted by molar-refractivity contribution is 0.0520. The van der Waals surface area contributed by atoms with E-state index in [1.54, 1.807) is 37.5 Å². The second-order valence-electron chi connectivity index (χ2n) is 4.69. The summed E-state index contributed by atoms with van der Waals surface area (Å²) in [6, 6.07) is 7.85. The first-order valence-corrected chi connectivity index (χ1v) is 6.84. The van der Waals surface area contributed by atoms with Crippen molar-refractivity contribution in [3.63, 3.8) is 0 Å². The number of nitrogens with one attached hydrogen (secondary N) is 2. The van der Waals surface area contributed by atoms with E-state index in [0.717, 1.165) is 22.4 Å². The van der Waals surface area contributed by atoms with Crippen molar-refractivity contribution in [3.05, 3.63) is 54.2 Å². The van der Waals surface area contributed by atoms with Crippen LogP contribution in [0.25, 0.3) is 22.4 Å². The maximum Gasteiger partial charge on any atom is 0.354 e. The Kier molecular flexibility index (Phi) is 3.74. The third-order valence-corrected chi connectivity index (χ3v) is 3.26. The van der Waals surface area contributed by atoms with Gasteiger partial charge < -0.3 is 9.72 Å². The molecule has 2 N–H and O–H groups in total. The molecule has 0 fully saturated rings. The summed E-state index contributed by atoms with van der Waals surface area (Å²) in [6.07, 6.45) is 3.37. The largest absolute Gasteiger partial charge is 0.461 e. The van der Waals surface area contributed by atoms with Crippen LogP contribution >= 0.6 is 0 Å². The number of rotatable bonds is 4. The van der Waals surface area contributed by atoms with Crippen LogP contribution < -0.4 is 0 Å². The van der Waals surface area contributed by atoms with E-state index in [2.05, 4.69) is 15.2 Å². The molecule has 0 spiro atoms. The molecule has 0 saturated carbocycles. The van der Waals surface area contributed by atoms with Gasteiger partial charge in [-0.3, -0.25) is 5.10 Å². The number of ether oxygens (including phenoxy) is 1. The van der Waals surface area contributed by atoms with E-state index in [1.807, 2.05) is 0 Å². The van der Waals surface area contributed by atoms with Crippen LogP contribution in [-0.4, -0.2) is 27.8 Å². The van der Waals surface area contributed by atoms with Crippen molar-refractivity contribution in [1.29, 1.82) is 0 Å². The molecule has 3 aromatic rings. The van der Waals surface area contributed by atoms with Crippen molar-refractivity contribution >= 4 is 5.97 Å². The Hall–Kier alpha value is -2.89. The zero-order valence-corrected chi connectivity index (χ0v) is 11.9. The Morgan fingerprint density at radius 2 is 2.05 bits per heavy atom. The third-order valence-electron chi connectivity index (χ3n) is 3.26. The van der Waals surface area contributed by atoms with E-state index in [9.17, 15) is 9.18 Å². The molecule has 6 heteroatoms. The van der Waals surface area contributed by atoms with E-state index < -0.39 is 5.97 Å². The highest BCUT2D eigenvalue weighted by molar-refractivity contribution is 5.90. The van der Waals surface area contributed by atoms with Crippen LogP contribution in [0.5, 0.6) is 0 Å². The SMILES string of the molecule is CCOC(=O)c1cc(-c2[nH]ncc2-c2ccc(F)cc2)c[nH]1. The standard InChI is InChI=1S/C16H14FN3O2/c1-2-22-16(21)14-7-11(8-18-14)15-13(9-19-20-15)10-3-5-12(17)6-4-10/h3-9,18H,2H2,1H3,(H,19,20). The minimum absolute atomic E-state index is 0.292. The second-order valence-corrected chi connectivity index (χ2v) is 4.69. The molecule has 0 unspecified atom stereocenters. The van der Waals surface area contributed by atoms with E-state index >= 15 is 0 Å². The molecule has 0 bridgehead atoms. The monoisotopic (exact) mass is 299 g/mol. The lowest BCUT2D eigenvalue weighted by atomic mass is 10.0. The summed E-state index contributed by atoms with van der Waals surface area (Å²) in [5, 5.41) is 6.94. The molecule has 0 atom stereocenters. The first-order valence-electron chi connectivity index (χ1n) is 6.84. The number of benzene rings is 1. The summed E-state index contributed by atoms with van der Waals surface area (Å²) in [5.41, 5.74) is 3.56. The van der Waals surface area contributed by atoms with Crippen molar-refractivity contribution in [2.24, 2.45) is 0 Å².